The van der Waals surface area contributed by atoms with Crippen molar-refractivity contribution in [3.63, 3.8) is 0 Å². The molecule has 23 heavy (non-hydrogen) atoms. The average Bonchev–Trinajstić information content (AvgIpc) is 2.76. The summed E-state index contributed by atoms with van der Waals surface area (Å²) in [6, 6.07) is 14.6. The molecule has 0 atom stereocenters. The first-order chi connectivity index (χ1) is 11.3. The number of furan rings is 1. The first-order valence-electron chi connectivity index (χ1n) is 8.29. The molecule has 0 unspecified atom stereocenters. The van der Waals surface area contributed by atoms with E-state index in [9.17, 15) is 0 Å². The van der Waals surface area contributed by atoms with Crippen LogP contribution in [0.2, 0.25) is 0 Å². The van der Waals surface area contributed by atoms with Gasteiger partial charge in [0.2, 0.25) is 0 Å². The molecular weight excluding hydrogens is 280 g/mol. The molecular formula is C22H22O. The van der Waals surface area contributed by atoms with Crippen LogP contribution >= 0.6 is 0 Å². The van der Waals surface area contributed by atoms with Gasteiger partial charge in [0.15, 0.2) is 0 Å². The first kappa shape index (κ1) is 15.4. The van der Waals surface area contributed by atoms with E-state index in [0.717, 1.165) is 23.2 Å². The normalized spacial score (nSPS) is 13.6. The second kappa shape index (κ2) is 7.15. The molecule has 1 heterocycles. The summed E-state index contributed by atoms with van der Waals surface area (Å²) in [6.45, 7) is 4.25. The molecule has 0 radical (unpaired) electrons. The third kappa shape index (κ3) is 3.14. The lowest BCUT2D eigenvalue weighted by molar-refractivity contribution is 0.668. The van der Waals surface area contributed by atoms with E-state index in [1.807, 2.05) is 12.1 Å². The molecule has 0 N–H and O–H groups in total. The smallest absolute Gasteiger partial charge is 0.143 e. The van der Waals surface area contributed by atoms with Crippen molar-refractivity contribution in [3.8, 4) is 0 Å². The van der Waals surface area contributed by atoms with Gasteiger partial charge in [-0.2, -0.15) is 0 Å². The number of benzene rings is 2. The van der Waals surface area contributed by atoms with Gasteiger partial charge >= 0.3 is 0 Å². The largest absolute Gasteiger partial charge is 0.455 e. The lowest BCUT2D eigenvalue weighted by Crippen LogP contribution is -1.81. The van der Waals surface area contributed by atoms with Gasteiger partial charge in [0.1, 0.15) is 11.2 Å². The van der Waals surface area contributed by atoms with Crippen LogP contribution in [0.5, 0.6) is 0 Å². The van der Waals surface area contributed by atoms with E-state index in [1.54, 1.807) is 0 Å². The van der Waals surface area contributed by atoms with Gasteiger partial charge in [-0.3, -0.25) is 0 Å². The monoisotopic (exact) mass is 302 g/mol. The second-order valence-corrected chi connectivity index (χ2v) is 5.68. The first-order valence-corrected chi connectivity index (χ1v) is 8.29. The Balaban J connectivity index is 0.000000485. The molecule has 0 fully saturated rings. The van der Waals surface area contributed by atoms with Crippen molar-refractivity contribution < 1.29 is 4.42 Å². The molecule has 3 aromatic rings. The number of allylic oxidation sites excluding steroid dienone is 6. The van der Waals surface area contributed by atoms with Crippen LogP contribution in [0.3, 0.4) is 0 Å². The lowest BCUT2D eigenvalue weighted by atomic mass is 10.0. The SMILES string of the molecule is C1=CCC=CC(c2cccc3c2oc2ccccc23)=C1.CCC. The van der Waals surface area contributed by atoms with Crippen LogP contribution < -0.4 is 0 Å². The highest BCUT2D eigenvalue weighted by atomic mass is 16.3. The molecule has 2 aromatic carbocycles. The predicted molar refractivity (Wildman–Crippen MR) is 101 cm³/mol. The number of hydrogen-bond acceptors (Lipinski definition) is 1. The molecule has 0 amide bonds. The van der Waals surface area contributed by atoms with Crippen LogP contribution in [0.25, 0.3) is 27.5 Å². The maximum absolute atomic E-state index is 6.08. The van der Waals surface area contributed by atoms with E-state index in [2.05, 4.69) is 74.6 Å². The molecule has 0 bridgehead atoms. The third-order valence-corrected chi connectivity index (χ3v) is 3.70. The summed E-state index contributed by atoms with van der Waals surface area (Å²) < 4.78 is 6.08. The number of rotatable bonds is 1. The summed E-state index contributed by atoms with van der Waals surface area (Å²) in [7, 11) is 0. The average molecular weight is 302 g/mol. The summed E-state index contributed by atoms with van der Waals surface area (Å²) >= 11 is 0. The Morgan fingerprint density at radius 2 is 1.70 bits per heavy atom. The molecule has 1 aromatic heterocycles. The fourth-order valence-electron chi connectivity index (χ4n) is 2.73. The lowest BCUT2D eigenvalue weighted by Gasteiger charge is -2.02. The standard InChI is InChI=1S/C19H14O.C3H8/c1-2-4-9-14(8-3-1)15-11-7-12-17-16-10-5-6-13-18(16)20-19(15)17;1-3-2/h1,3-13H,2H2;3H2,1-2H3. The van der Waals surface area contributed by atoms with Crippen LogP contribution in [-0.4, -0.2) is 0 Å². The van der Waals surface area contributed by atoms with Crippen LogP contribution in [0.4, 0.5) is 0 Å². The summed E-state index contributed by atoms with van der Waals surface area (Å²) in [6.07, 6.45) is 13.0. The Hall–Kier alpha value is -2.54. The molecule has 1 aliphatic rings. The molecule has 0 saturated heterocycles. The molecule has 0 saturated carbocycles. The highest BCUT2D eigenvalue weighted by Crippen LogP contribution is 2.34. The van der Waals surface area contributed by atoms with Gasteiger partial charge in [0.05, 0.1) is 0 Å². The fourth-order valence-corrected chi connectivity index (χ4v) is 2.73. The maximum atomic E-state index is 6.08. The van der Waals surface area contributed by atoms with Gasteiger partial charge < -0.3 is 4.42 Å². The van der Waals surface area contributed by atoms with E-state index in [1.165, 1.54) is 22.8 Å². The van der Waals surface area contributed by atoms with E-state index >= 15 is 0 Å². The summed E-state index contributed by atoms with van der Waals surface area (Å²) in [5.41, 5.74) is 4.27. The molecule has 1 aliphatic carbocycles. The quantitative estimate of drug-likeness (QED) is 0.476. The Bertz CT molecular complexity index is 891. The van der Waals surface area contributed by atoms with E-state index < -0.39 is 0 Å². The topological polar surface area (TPSA) is 13.1 Å². The highest BCUT2D eigenvalue weighted by molar-refractivity contribution is 6.08. The molecule has 116 valence electrons. The van der Waals surface area contributed by atoms with Crippen molar-refractivity contribution in [2.24, 2.45) is 0 Å². The van der Waals surface area contributed by atoms with Gasteiger partial charge in [-0.25, -0.2) is 0 Å². The summed E-state index contributed by atoms with van der Waals surface area (Å²) in [5.74, 6) is 0. The van der Waals surface area contributed by atoms with Crippen molar-refractivity contribution in [2.45, 2.75) is 26.7 Å². The van der Waals surface area contributed by atoms with Gasteiger partial charge in [-0.1, -0.05) is 87.0 Å². The minimum absolute atomic E-state index is 0.948. The van der Waals surface area contributed by atoms with Gasteiger partial charge in [0.25, 0.3) is 0 Å². The number of fused-ring (bicyclic) bond motifs is 3. The Morgan fingerprint density at radius 3 is 2.57 bits per heavy atom. The molecule has 0 spiro atoms. The number of para-hydroxylation sites is 2. The Kier molecular flexibility index (Phi) is 4.77. The van der Waals surface area contributed by atoms with E-state index in [4.69, 9.17) is 4.42 Å². The van der Waals surface area contributed by atoms with Crippen LogP contribution in [0.15, 0.2) is 77.3 Å². The van der Waals surface area contributed by atoms with Gasteiger partial charge in [-0.15, -0.1) is 0 Å². The van der Waals surface area contributed by atoms with Crippen molar-refractivity contribution >= 4 is 27.5 Å². The van der Waals surface area contributed by atoms with Crippen molar-refractivity contribution in [1.29, 1.82) is 0 Å². The Morgan fingerprint density at radius 1 is 0.913 bits per heavy atom. The van der Waals surface area contributed by atoms with Gasteiger partial charge in [0, 0.05) is 16.3 Å². The minimum atomic E-state index is 0.948. The molecule has 0 aliphatic heterocycles. The van der Waals surface area contributed by atoms with Crippen molar-refractivity contribution in [1.82, 2.24) is 0 Å². The zero-order valence-electron chi connectivity index (χ0n) is 13.8. The summed E-state index contributed by atoms with van der Waals surface area (Å²) in [4.78, 5) is 0. The molecule has 1 nitrogen and oxygen atoms in total. The zero-order chi connectivity index (χ0) is 16.1. The second-order valence-electron chi connectivity index (χ2n) is 5.68. The fraction of sp³-hybridized carbons (Fsp3) is 0.182. The predicted octanol–water partition coefficient (Wildman–Crippen LogP) is 6.90. The molecule has 1 heteroatoms. The highest BCUT2D eigenvalue weighted by Gasteiger charge is 2.11. The summed E-state index contributed by atoms with van der Waals surface area (Å²) in [5, 5.41) is 2.36. The van der Waals surface area contributed by atoms with Crippen LogP contribution in [0.1, 0.15) is 32.3 Å². The van der Waals surface area contributed by atoms with Crippen molar-refractivity contribution in [3.05, 3.63) is 78.4 Å². The van der Waals surface area contributed by atoms with E-state index in [-0.39, 0.29) is 0 Å². The Labute approximate surface area is 137 Å². The van der Waals surface area contributed by atoms with Crippen LogP contribution in [0, 0.1) is 0 Å². The molecule has 4 rings (SSSR count). The minimum Gasteiger partial charge on any atom is -0.455 e. The third-order valence-electron chi connectivity index (χ3n) is 3.70. The van der Waals surface area contributed by atoms with Crippen molar-refractivity contribution in [2.75, 3.05) is 0 Å². The van der Waals surface area contributed by atoms with E-state index in [0.29, 0.717) is 0 Å². The van der Waals surface area contributed by atoms with Crippen LogP contribution in [-0.2, 0) is 0 Å². The zero-order valence-corrected chi connectivity index (χ0v) is 13.8. The van der Waals surface area contributed by atoms with Gasteiger partial charge in [-0.05, 0) is 18.1 Å². The number of hydrogen-bond donors (Lipinski definition) is 0. The maximum Gasteiger partial charge on any atom is 0.143 e.